The van der Waals surface area contributed by atoms with E-state index in [0.717, 1.165) is 24.3 Å². The maximum atomic E-state index is 3.60. The summed E-state index contributed by atoms with van der Waals surface area (Å²) >= 11 is 0. The van der Waals surface area contributed by atoms with Crippen molar-refractivity contribution in [3.63, 3.8) is 0 Å². The second-order valence-corrected chi connectivity index (χ2v) is 6.69. The van der Waals surface area contributed by atoms with Gasteiger partial charge in [-0.2, -0.15) is 0 Å². The van der Waals surface area contributed by atoms with Crippen LogP contribution in [0.5, 0.6) is 0 Å². The third-order valence-corrected chi connectivity index (χ3v) is 5.39. The van der Waals surface area contributed by atoms with Crippen molar-refractivity contribution in [3.8, 4) is 0 Å². The van der Waals surface area contributed by atoms with Crippen LogP contribution in [0.3, 0.4) is 0 Å². The first-order chi connectivity index (χ1) is 8.90. The van der Waals surface area contributed by atoms with Crippen molar-refractivity contribution in [3.05, 3.63) is 0 Å². The van der Waals surface area contributed by atoms with Crippen LogP contribution in [-0.4, -0.2) is 13.1 Å². The Morgan fingerprint density at radius 3 is 2.17 bits per heavy atom. The number of nitrogens with one attached hydrogen (secondary N) is 1. The topological polar surface area (TPSA) is 12.0 Å². The van der Waals surface area contributed by atoms with Crippen molar-refractivity contribution in [1.82, 2.24) is 5.32 Å². The molecule has 0 spiro atoms. The lowest BCUT2D eigenvalue weighted by atomic mass is 9.82. The second-order valence-electron chi connectivity index (χ2n) is 6.69. The molecule has 106 valence electrons. The van der Waals surface area contributed by atoms with Gasteiger partial charge in [-0.3, -0.25) is 0 Å². The van der Waals surface area contributed by atoms with E-state index < -0.39 is 0 Å². The summed E-state index contributed by atoms with van der Waals surface area (Å²) in [6.45, 7) is 4.67. The molecule has 1 nitrogen and oxygen atoms in total. The third-order valence-electron chi connectivity index (χ3n) is 5.39. The van der Waals surface area contributed by atoms with Crippen molar-refractivity contribution in [2.45, 2.75) is 77.6 Å². The van der Waals surface area contributed by atoms with Gasteiger partial charge in [0.05, 0.1) is 0 Å². The van der Waals surface area contributed by atoms with Gasteiger partial charge in [-0.15, -0.1) is 0 Å². The zero-order chi connectivity index (χ0) is 12.6. The van der Waals surface area contributed by atoms with Crippen LogP contribution < -0.4 is 5.32 Å². The summed E-state index contributed by atoms with van der Waals surface area (Å²) < 4.78 is 0. The minimum absolute atomic E-state index is 0.980. The van der Waals surface area contributed by atoms with E-state index >= 15 is 0 Å². The molecule has 2 unspecified atom stereocenters. The second kappa shape index (κ2) is 8.19. The van der Waals surface area contributed by atoms with Crippen LogP contribution in [-0.2, 0) is 0 Å². The van der Waals surface area contributed by atoms with Gasteiger partial charge in [0.1, 0.15) is 0 Å². The van der Waals surface area contributed by atoms with E-state index in [0.29, 0.717) is 0 Å². The molecule has 1 heteroatoms. The number of hydrogen-bond donors (Lipinski definition) is 1. The Kier molecular flexibility index (Phi) is 6.54. The minimum atomic E-state index is 0.980. The maximum Gasteiger partial charge on any atom is -0.00180 e. The van der Waals surface area contributed by atoms with Crippen LogP contribution in [0.4, 0.5) is 0 Å². The van der Waals surface area contributed by atoms with Crippen LogP contribution in [0.1, 0.15) is 77.6 Å². The van der Waals surface area contributed by atoms with Gasteiger partial charge in [-0.05, 0) is 43.7 Å². The van der Waals surface area contributed by atoms with E-state index in [1.807, 2.05) is 0 Å². The Bertz CT molecular complexity index is 208. The van der Waals surface area contributed by atoms with Crippen molar-refractivity contribution >= 4 is 0 Å². The Morgan fingerprint density at radius 2 is 1.44 bits per heavy atom. The molecular weight excluding hydrogens is 218 g/mol. The van der Waals surface area contributed by atoms with Gasteiger partial charge in [0, 0.05) is 0 Å². The normalized spacial score (nSPS) is 30.5. The Hall–Kier alpha value is -0.0400. The molecule has 0 saturated heterocycles. The first-order valence-corrected chi connectivity index (χ1v) is 8.61. The quantitative estimate of drug-likeness (QED) is 0.671. The predicted molar refractivity (Wildman–Crippen MR) is 79.8 cm³/mol. The zero-order valence-electron chi connectivity index (χ0n) is 12.4. The van der Waals surface area contributed by atoms with E-state index in [1.165, 1.54) is 77.2 Å². The van der Waals surface area contributed by atoms with Crippen LogP contribution in [0.25, 0.3) is 0 Å². The molecule has 2 atom stereocenters. The van der Waals surface area contributed by atoms with Crippen LogP contribution in [0.15, 0.2) is 0 Å². The predicted octanol–water partition coefficient (Wildman–Crippen LogP) is 4.76. The average molecular weight is 251 g/mol. The van der Waals surface area contributed by atoms with Gasteiger partial charge in [0.25, 0.3) is 0 Å². The molecule has 2 saturated carbocycles. The van der Waals surface area contributed by atoms with Gasteiger partial charge in [0.2, 0.25) is 0 Å². The smallest absolute Gasteiger partial charge is 0.00180 e. The van der Waals surface area contributed by atoms with Crippen molar-refractivity contribution in [2.24, 2.45) is 17.8 Å². The fourth-order valence-corrected chi connectivity index (χ4v) is 4.19. The molecule has 0 bridgehead atoms. The Labute approximate surface area is 114 Å². The SMILES string of the molecule is CCNCC1CCCCCC1CCC1CCCC1. The number of rotatable bonds is 6. The highest BCUT2D eigenvalue weighted by atomic mass is 14.8. The standard InChI is InChI=1S/C17H33N/c1-2-18-14-17-11-5-3-4-10-16(17)13-12-15-8-6-7-9-15/h15-18H,2-14H2,1H3. The molecule has 0 aromatic rings. The molecule has 2 aliphatic rings. The highest BCUT2D eigenvalue weighted by Gasteiger charge is 2.24. The summed E-state index contributed by atoms with van der Waals surface area (Å²) in [6, 6.07) is 0. The highest BCUT2D eigenvalue weighted by Crippen LogP contribution is 2.36. The van der Waals surface area contributed by atoms with Crippen molar-refractivity contribution < 1.29 is 0 Å². The Balaban J connectivity index is 1.76. The monoisotopic (exact) mass is 251 g/mol. The van der Waals surface area contributed by atoms with E-state index in [2.05, 4.69) is 12.2 Å². The van der Waals surface area contributed by atoms with Crippen LogP contribution in [0.2, 0.25) is 0 Å². The van der Waals surface area contributed by atoms with E-state index in [1.54, 1.807) is 0 Å². The molecular formula is C17H33N. The molecule has 0 amide bonds. The summed E-state index contributed by atoms with van der Waals surface area (Å²) in [4.78, 5) is 0. The average Bonchev–Trinajstić information content (AvgIpc) is 2.80. The molecule has 0 aromatic carbocycles. The molecule has 2 rings (SSSR count). The summed E-state index contributed by atoms with van der Waals surface area (Å²) in [5.74, 6) is 3.11. The van der Waals surface area contributed by atoms with Crippen LogP contribution in [0, 0.1) is 17.8 Å². The summed E-state index contributed by atoms with van der Waals surface area (Å²) in [7, 11) is 0. The lowest BCUT2D eigenvalue weighted by Gasteiger charge is -2.26. The first kappa shape index (κ1) is 14.4. The van der Waals surface area contributed by atoms with Gasteiger partial charge < -0.3 is 5.32 Å². The van der Waals surface area contributed by atoms with E-state index in [-0.39, 0.29) is 0 Å². The maximum absolute atomic E-state index is 3.60. The molecule has 1 N–H and O–H groups in total. The molecule has 0 heterocycles. The van der Waals surface area contributed by atoms with Gasteiger partial charge >= 0.3 is 0 Å². The molecule has 0 aliphatic heterocycles. The fraction of sp³-hybridized carbons (Fsp3) is 1.00. The first-order valence-electron chi connectivity index (χ1n) is 8.61. The van der Waals surface area contributed by atoms with Crippen molar-refractivity contribution in [2.75, 3.05) is 13.1 Å². The van der Waals surface area contributed by atoms with E-state index in [4.69, 9.17) is 0 Å². The van der Waals surface area contributed by atoms with Gasteiger partial charge in [-0.25, -0.2) is 0 Å². The van der Waals surface area contributed by atoms with Gasteiger partial charge in [-0.1, -0.05) is 64.7 Å². The zero-order valence-corrected chi connectivity index (χ0v) is 12.4. The molecule has 18 heavy (non-hydrogen) atoms. The lowest BCUT2D eigenvalue weighted by molar-refractivity contribution is 0.264. The fourth-order valence-electron chi connectivity index (χ4n) is 4.19. The molecule has 2 aliphatic carbocycles. The Morgan fingerprint density at radius 1 is 0.778 bits per heavy atom. The van der Waals surface area contributed by atoms with Crippen molar-refractivity contribution in [1.29, 1.82) is 0 Å². The molecule has 0 aromatic heterocycles. The summed E-state index contributed by atoms with van der Waals surface area (Å²) in [5, 5.41) is 3.60. The molecule has 0 radical (unpaired) electrons. The third kappa shape index (κ3) is 4.57. The largest absolute Gasteiger partial charge is 0.317 e. The number of hydrogen-bond acceptors (Lipinski definition) is 1. The minimum Gasteiger partial charge on any atom is -0.317 e. The summed E-state index contributed by atoms with van der Waals surface area (Å²) in [6.07, 6.45) is 16.6. The van der Waals surface area contributed by atoms with E-state index in [9.17, 15) is 0 Å². The lowest BCUT2D eigenvalue weighted by Crippen LogP contribution is -2.28. The van der Waals surface area contributed by atoms with Gasteiger partial charge in [0.15, 0.2) is 0 Å². The molecule has 2 fully saturated rings. The highest BCUT2D eigenvalue weighted by molar-refractivity contribution is 4.78. The summed E-state index contributed by atoms with van der Waals surface area (Å²) in [5.41, 5.74) is 0. The van der Waals surface area contributed by atoms with Crippen LogP contribution >= 0.6 is 0 Å².